The normalized spacial score (nSPS) is 17.6. The van der Waals surface area contributed by atoms with Gasteiger partial charge in [0.1, 0.15) is 11.9 Å². The summed E-state index contributed by atoms with van der Waals surface area (Å²) >= 11 is 5.82. The Labute approximate surface area is 149 Å². The summed E-state index contributed by atoms with van der Waals surface area (Å²) in [7, 11) is -3.81. The summed E-state index contributed by atoms with van der Waals surface area (Å²) in [5.41, 5.74) is 0.610. The molecular formula is C16H14ClFN2O4S. The van der Waals surface area contributed by atoms with Gasteiger partial charge < -0.3 is 4.74 Å². The first-order valence-corrected chi connectivity index (χ1v) is 9.20. The fourth-order valence-electron chi connectivity index (χ4n) is 2.36. The summed E-state index contributed by atoms with van der Waals surface area (Å²) in [6.07, 6.45) is -1.20. The fourth-order valence-corrected chi connectivity index (χ4v) is 3.55. The smallest absolute Gasteiger partial charge is 0.414 e. The lowest BCUT2D eigenvalue weighted by atomic mass is 10.3. The number of carbonyl (C=O) groups excluding carboxylic acids is 1. The van der Waals surface area contributed by atoms with E-state index in [0.29, 0.717) is 10.7 Å². The quantitative estimate of drug-likeness (QED) is 0.860. The van der Waals surface area contributed by atoms with Gasteiger partial charge >= 0.3 is 6.09 Å². The average Bonchev–Trinajstić information content (AvgIpc) is 2.95. The van der Waals surface area contributed by atoms with Crippen LogP contribution in [0.4, 0.5) is 14.9 Å². The molecule has 1 fully saturated rings. The molecule has 1 heterocycles. The van der Waals surface area contributed by atoms with Crippen molar-refractivity contribution in [1.82, 2.24) is 4.72 Å². The number of hydrogen-bond donors (Lipinski definition) is 1. The second kappa shape index (κ2) is 6.99. The minimum atomic E-state index is -3.81. The van der Waals surface area contributed by atoms with Gasteiger partial charge in [0.2, 0.25) is 10.0 Å². The molecule has 0 spiro atoms. The predicted octanol–water partition coefficient (Wildman–Crippen LogP) is 2.78. The zero-order valence-corrected chi connectivity index (χ0v) is 14.4. The van der Waals surface area contributed by atoms with Crippen LogP contribution in [0.5, 0.6) is 0 Å². The topological polar surface area (TPSA) is 75.7 Å². The van der Waals surface area contributed by atoms with Crippen LogP contribution in [0.15, 0.2) is 53.4 Å². The Morgan fingerprint density at radius 2 is 1.80 bits per heavy atom. The third kappa shape index (κ3) is 4.09. The van der Waals surface area contributed by atoms with Gasteiger partial charge in [-0.1, -0.05) is 11.6 Å². The molecule has 6 nitrogen and oxygen atoms in total. The first-order chi connectivity index (χ1) is 11.8. The Morgan fingerprint density at radius 1 is 1.16 bits per heavy atom. The molecule has 2 aromatic carbocycles. The maximum atomic E-state index is 12.9. The SMILES string of the molecule is O=C1OC(CNS(=O)(=O)c2ccc(F)cc2)CN1c1ccc(Cl)cc1. The Balaban J connectivity index is 1.63. The monoisotopic (exact) mass is 384 g/mol. The molecule has 1 saturated heterocycles. The van der Waals surface area contributed by atoms with Crippen LogP contribution in [-0.4, -0.2) is 33.7 Å². The molecule has 1 unspecified atom stereocenters. The van der Waals surface area contributed by atoms with Crippen molar-refractivity contribution in [3.05, 3.63) is 59.4 Å². The first kappa shape index (κ1) is 17.7. The number of nitrogens with one attached hydrogen (secondary N) is 1. The van der Waals surface area contributed by atoms with Gasteiger partial charge in [0.25, 0.3) is 0 Å². The van der Waals surface area contributed by atoms with Crippen molar-refractivity contribution >= 4 is 33.4 Å². The van der Waals surface area contributed by atoms with E-state index in [1.807, 2.05) is 0 Å². The second-order valence-corrected chi connectivity index (χ2v) is 7.60. The van der Waals surface area contributed by atoms with Gasteiger partial charge in [0.15, 0.2) is 0 Å². The first-order valence-electron chi connectivity index (χ1n) is 7.34. The van der Waals surface area contributed by atoms with E-state index in [1.165, 1.54) is 17.0 Å². The van der Waals surface area contributed by atoms with E-state index in [2.05, 4.69) is 4.72 Å². The molecule has 132 valence electrons. The van der Waals surface area contributed by atoms with Crippen molar-refractivity contribution in [2.24, 2.45) is 0 Å². The summed E-state index contributed by atoms with van der Waals surface area (Å²) in [4.78, 5) is 13.3. The third-order valence-electron chi connectivity index (χ3n) is 3.64. The van der Waals surface area contributed by atoms with Crippen molar-refractivity contribution in [3.63, 3.8) is 0 Å². The number of benzene rings is 2. The molecule has 1 N–H and O–H groups in total. The molecule has 1 amide bonds. The summed E-state index contributed by atoms with van der Waals surface area (Å²) in [6.45, 7) is 0.113. The van der Waals surface area contributed by atoms with E-state index in [9.17, 15) is 17.6 Å². The van der Waals surface area contributed by atoms with E-state index >= 15 is 0 Å². The lowest BCUT2D eigenvalue weighted by Crippen LogP contribution is -2.34. The van der Waals surface area contributed by atoms with E-state index < -0.39 is 28.0 Å². The van der Waals surface area contributed by atoms with Gasteiger partial charge in [0.05, 0.1) is 11.4 Å². The number of hydrogen-bond acceptors (Lipinski definition) is 4. The van der Waals surface area contributed by atoms with Crippen LogP contribution >= 0.6 is 11.6 Å². The molecule has 0 bridgehead atoms. The molecule has 1 aliphatic heterocycles. The Kier molecular flexibility index (Phi) is 4.94. The van der Waals surface area contributed by atoms with Crippen molar-refractivity contribution in [1.29, 1.82) is 0 Å². The standard InChI is InChI=1S/C16H14ClFN2O4S/c17-11-1-5-13(6-2-11)20-10-14(24-16(20)21)9-19-25(22,23)15-7-3-12(18)4-8-15/h1-8,14,19H,9-10H2. The van der Waals surface area contributed by atoms with Crippen LogP contribution in [0.25, 0.3) is 0 Å². The van der Waals surface area contributed by atoms with Gasteiger partial charge in [-0.25, -0.2) is 22.3 Å². The van der Waals surface area contributed by atoms with Crippen LogP contribution in [0, 0.1) is 5.82 Å². The third-order valence-corrected chi connectivity index (χ3v) is 5.33. The zero-order chi connectivity index (χ0) is 18.0. The minimum Gasteiger partial charge on any atom is -0.443 e. The van der Waals surface area contributed by atoms with E-state index in [0.717, 1.165) is 12.1 Å². The van der Waals surface area contributed by atoms with E-state index in [-0.39, 0.29) is 18.0 Å². The van der Waals surface area contributed by atoms with Crippen LogP contribution < -0.4 is 9.62 Å². The lowest BCUT2D eigenvalue weighted by molar-refractivity contribution is 0.143. The minimum absolute atomic E-state index is 0.0622. The molecular weight excluding hydrogens is 371 g/mol. The molecule has 25 heavy (non-hydrogen) atoms. The Bertz CT molecular complexity index is 872. The molecule has 9 heteroatoms. The van der Waals surface area contributed by atoms with E-state index in [4.69, 9.17) is 16.3 Å². The summed E-state index contributed by atoms with van der Waals surface area (Å²) < 4.78 is 44.8. The average molecular weight is 385 g/mol. The second-order valence-electron chi connectivity index (χ2n) is 5.40. The van der Waals surface area contributed by atoms with Crippen molar-refractivity contribution < 1.29 is 22.3 Å². The Hall–Kier alpha value is -2.16. The molecule has 0 aromatic heterocycles. The lowest BCUT2D eigenvalue weighted by Gasteiger charge is -2.13. The predicted molar refractivity (Wildman–Crippen MR) is 90.7 cm³/mol. The summed E-state index contributed by atoms with van der Waals surface area (Å²) in [5.74, 6) is -0.526. The summed E-state index contributed by atoms with van der Waals surface area (Å²) in [5, 5.41) is 0.542. The molecule has 3 rings (SSSR count). The van der Waals surface area contributed by atoms with Gasteiger partial charge in [-0.3, -0.25) is 4.90 Å². The highest BCUT2D eigenvalue weighted by molar-refractivity contribution is 7.89. The number of rotatable bonds is 5. The number of amides is 1. The number of carbonyl (C=O) groups is 1. The van der Waals surface area contributed by atoms with Crippen LogP contribution in [0.1, 0.15) is 0 Å². The number of cyclic esters (lactones) is 1. The fraction of sp³-hybridized carbons (Fsp3) is 0.188. The number of ether oxygens (including phenoxy) is 1. The van der Waals surface area contributed by atoms with Crippen molar-refractivity contribution in [2.45, 2.75) is 11.0 Å². The van der Waals surface area contributed by atoms with Crippen molar-refractivity contribution in [2.75, 3.05) is 18.0 Å². The highest BCUT2D eigenvalue weighted by Gasteiger charge is 2.33. The van der Waals surface area contributed by atoms with Gasteiger partial charge in [-0.2, -0.15) is 0 Å². The van der Waals surface area contributed by atoms with Crippen LogP contribution in [0.2, 0.25) is 5.02 Å². The molecule has 0 saturated carbocycles. The number of anilines is 1. The number of nitrogens with zero attached hydrogens (tertiary/aromatic N) is 1. The Morgan fingerprint density at radius 3 is 2.44 bits per heavy atom. The number of sulfonamides is 1. The molecule has 2 aromatic rings. The zero-order valence-electron chi connectivity index (χ0n) is 12.9. The maximum Gasteiger partial charge on any atom is 0.414 e. The highest BCUT2D eigenvalue weighted by atomic mass is 35.5. The number of halogens is 2. The van der Waals surface area contributed by atoms with E-state index in [1.54, 1.807) is 24.3 Å². The van der Waals surface area contributed by atoms with Crippen LogP contribution in [-0.2, 0) is 14.8 Å². The largest absolute Gasteiger partial charge is 0.443 e. The van der Waals surface area contributed by atoms with Crippen molar-refractivity contribution in [3.8, 4) is 0 Å². The van der Waals surface area contributed by atoms with Gasteiger partial charge in [-0.15, -0.1) is 0 Å². The molecule has 1 atom stereocenters. The molecule has 0 aliphatic carbocycles. The summed E-state index contributed by atoms with van der Waals surface area (Å²) in [6, 6.07) is 11.1. The van der Waals surface area contributed by atoms with Gasteiger partial charge in [0, 0.05) is 17.3 Å². The maximum absolute atomic E-state index is 12.9. The molecule has 0 radical (unpaired) electrons. The van der Waals surface area contributed by atoms with Crippen LogP contribution in [0.3, 0.4) is 0 Å². The van der Waals surface area contributed by atoms with Gasteiger partial charge in [-0.05, 0) is 48.5 Å². The molecule has 1 aliphatic rings. The highest BCUT2D eigenvalue weighted by Crippen LogP contribution is 2.23.